The Morgan fingerprint density at radius 2 is 1.82 bits per heavy atom. The van der Waals surface area contributed by atoms with Gasteiger partial charge in [-0.2, -0.15) is 19.6 Å². The highest BCUT2D eigenvalue weighted by atomic mass is 35.5. The molecule has 5 nitrogen and oxygen atoms in total. The van der Waals surface area contributed by atoms with Crippen molar-refractivity contribution in [2.24, 2.45) is 0 Å². The number of fused-ring (bicyclic) bond motifs is 1. The summed E-state index contributed by atoms with van der Waals surface area (Å²) in [5.74, 6) is -0.0328. The van der Waals surface area contributed by atoms with Crippen LogP contribution in [0.2, 0.25) is 10.2 Å². The molecule has 8 heteroatoms. The fraction of sp³-hybridized carbons (Fsp3) is 0.350. The number of hydrogen-bond acceptors (Lipinski definition) is 4. The molecule has 1 fully saturated rings. The van der Waals surface area contributed by atoms with Gasteiger partial charge in [0, 0.05) is 29.9 Å². The van der Waals surface area contributed by atoms with Gasteiger partial charge in [-0.25, -0.2) is 4.39 Å². The van der Waals surface area contributed by atoms with Crippen molar-refractivity contribution in [2.45, 2.75) is 32.1 Å². The number of benzene rings is 1. The lowest BCUT2D eigenvalue weighted by atomic mass is 9.99. The van der Waals surface area contributed by atoms with Crippen molar-refractivity contribution in [3.8, 4) is 11.1 Å². The molecule has 3 aromatic rings. The second-order valence-electron chi connectivity index (χ2n) is 7.17. The molecule has 0 radical (unpaired) electrons. The number of halogens is 3. The van der Waals surface area contributed by atoms with E-state index in [1.54, 1.807) is 16.6 Å². The maximum atomic E-state index is 14.9. The van der Waals surface area contributed by atoms with Crippen LogP contribution in [0.5, 0.6) is 0 Å². The van der Waals surface area contributed by atoms with Crippen LogP contribution in [0.15, 0.2) is 30.2 Å². The molecule has 0 N–H and O–H groups in total. The third kappa shape index (κ3) is 2.78. The number of rotatable bonds is 3. The first kappa shape index (κ1) is 17.9. The molecule has 0 unspecified atom stereocenters. The minimum atomic E-state index is -0.432. The third-order valence-electron chi connectivity index (χ3n) is 5.56. The molecule has 3 heterocycles. The van der Waals surface area contributed by atoms with Crippen molar-refractivity contribution in [3.63, 3.8) is 0 Å². The van der Waals surface area contributed by atoms with Gasteiger partial charge in [0.15, 0.2) is 0 Å². The predicted octanol–water partition coefficient (Wildman–Crippen LogP) is 5.23. The van der Waals surface area contributed by atoms with E-state index >= 15 is 0 Å². The van der Waals surface area contributed by atoms with Gasteiger partial charge in [0.2, 0.25) is 0 Å². The Balaban J connectivity index is 1.85. The maximum absolute atomic E-state index is 14.9. The highest BCUT2D eigenvalue weighted by Gasteiger charge is 2.30. The second-order valence-corrected chi connectivity index (χ2v) is 7.93. The van der Waals surface area contributed by atoms with E-state index in [-0.39, 0.29) is 10.7 Å². The molecule has 0 amide bonds. The molecule has 0 atom stereocenters. The molecule has 2 aliphatic rings. The molecule has 28 heavy (non-hydrogen) atoms. The van der Waals surface area contributed by atoms with Crippen LogP contribution < -0.4 is 0 Å². The normalized spacial score (nSPS) is 17.3. The second kappa shape index (κ2) is 7.01. The number of likely N-dealkylation sites (tertiary alicyclic amines) is 1. The summed E-state index contributed by atoms with van der Waals surface area (Å²) in [7, 11) is 0. The zero-order valence-corrected chi connectivity index (χ0v) is 16.6. The summed E-state index contributed by atoms with van der Waals surface area (Å²) >= 11 is 13.0. The average molecular weight is 418 g/mol. The summed E-state index contributed by atoms with van der Waals surface area (Å²) < 4.78 is 16.5. The van der Waals surface area contributed by atoms with Crippen LogP contribution in [0, 0.1) is 5.82 Å². The minimum Gasteiger partial charge on any atom is -0.375 e. The molecule has 1 saturated heterocycles. The van der Waals surface area contributed by atoms with Crippen LogP contribution in [-0.2, 0) is 0 Å². The Bertz CT molecular complexity index is 1080. The molecule has 0 saturated carbocycles. The molecule has 1 aliphatic heterocycles. The standard InChI is InChI=1S/C20H18Cl2FN5/c21-13-6-4-7-14(23)16(13)17-18(28-20(24-11-25-28)26-19(17)22)12-5-3-8-15(12)27-9-1-2-10-27/h4,6-7,11H,1-3,5,8-10H2. The highest BCUT2D eigenvalue weighted by Crippen LogP contribution is 2.44. The van der Waals surface area contributed by atoms with Crippen molar-refractivity contribution >= 4 is 34.6 Å². The molecule has 1 aromatic carbocycles. The maximum Gasteiger partial charge on any atom is 0.254 e. The summed E-state index contributed by atoms with van der Waals surface area (Å²) in [4.78, 5) is 11.0. The Labute approximate surface area is 171 Å². The third-order valence-corrected chi connectivity index (χ3v) is 6.15. The molecule has 0 bridgehead atoms. The molecule has 144 valence electrons. The van der Waals surface area contributed by atoms with Crippen LogP contribution in [0.1, 0.15) is 37.8 Å². The van der Waals surface area contributed by atoms with Gasteiger partial charge in [-0.1, -0.05) is 29.3 Å². The van der Waals surface area contributed by atoms with E-state index in [9.17, 15) is 4.39 Å². The average Bonchev–Trinajstić information content (AvgIpc) is 3.42. The zero-order chi connectivity index (χ0) is 19.3. The number of allylic oxidation sites excluding steroid dienone is 2. The minimum absolute atomic E-state index is 0.183. The lowest BCUT2D eigenvalue weighted by Crippen LogP contribution is -2.19. The Morgan fingerprint density at radius 1 is 1.00 bits per heavy atom. The van der Waals surface area contributed by atoms with E-state index in [0.717, 1.165) is 43.6 Å². The van der Waals surface area contributed by atoms with Crippen molar-refractivity contribution in [2.75, 3.05) is 13.1 Å². The SMILES string of the molecule is Fc1cccc(Cl)c1-c1c(Cl)nc2ncnn2c1C1=C(N2CCCC2)CCC1. The number of hydrogen-bond donors (Lipinski definition) is 0. The van der Waals surface area contributed by atoms with Crippen LogP contribution in [0.25, 0.3) is 22.5 Å². The monoisotopic (exact) mass is 417 g/mol. The summed E-state index contributed by atoms with van der Waals surface area (Å²) in [5, 5.41) is 4.86. The van der Waals surface area contributed by atoms with Crippen LogP contribution in [-0.4, -0.2) is 37.6 Å². The fourth-order valence-electron chi connectivity index (χ4n) is 4.37. The first-order chi connectivity index (χ1) is 13.6. The first-order valence-corrected chi connectivity index (χ1v) is 10.2. The van der Waals surface area contributed by atoms with Gasteiger partial charge in [-0.3, -0.25) is 0 Å². The first-order valence-electron chi connectivity index (χ1n) is 9.46. The molecular weight excluding hydrogens is 400 g/mol. The van der Waals surface area contributed by atoms with E-state index < -0.39 is 5.82 Å². The van der Waals surface area contributed by atoms with Gasteiger partial charge in [0.05, 0.1) is 10.7 Å². The Kier molecular flexibility index (Phi) is 4.48. The van der Waals surface area contributed by atoms with Gasteiger partial charge >= 0.3 is 0 Å². The largest absolute Gasteiger partial charge is 0.375 e. The van der Waals surface area contributed by atoms with Crippen molar-refractivity contribution < 1.29 is 4.39 Å². The van der Waals surface area contributed by atoms with Crippen LogP contribution in [0.4, 0.5) is 4.39 Å². The van der Waals surface area contributed by atoms with Crippen molar-refractivity contribution in [1.82, 2.24) is 24.5 Å². The summed E-state index contributed by atoms with van der Waals surface area (Å²) in [5.41, 5.74) is 3.92. The summed E-state index contributed by atoms with van der Waals surface area (Å²) in [6.45, 7) is 2.10. The van der Waals surface area contributed by atoms with E-state index in [1.807, 2.05) is 0 Å². The topological polar surface area (TPSA) is 46.3 Å². The van der Waals surface area contributed by atoms with Gasteiger partial charge in [-0.15, -0.1) is 0 Å². The predicted molar refractivity (Wildman–Crippen MR) is 108 cm³/mol. The highest BCUT2D eigenvalue weighted by molar-refractivity contribution is 6.36. The Morgan fingerprint density at radius 3 is 2.61 bits per heavy atom. The summed E-state index contributed by atoms with van der Waals surface area (Å²) in [6, 6.07) is 4.63. The van der Waals surface area contributed by atoms with E-state index in [4.69, 9.17) is 23.2 Å². The Hall–Kier alpha value is -2.18. The van der Waals surface area contributed by atoms with Gasteiger partial charge in [0.1, 0.15) is 17.3 Å². The lowest BCUT2D eigenvalue weighted by molar-refractivity contribution is 0.416. The molecule has 2 aromatic heterocycles. The summed E-state index contributed by atoms with van der Waals surface area (Å²) in [6.07, 6.45) is 6.75. The number of nitrogens with zero attached hydrogens (tertiary/aromatic N) is 5. The molecular formula is C20H18Cl2FN5. The van der Waals surface area contributed by atoms with Crippen molar-refractivity contribution in [1.29, 1.82) is 0 Å². The van der Waals surface area contributed by atoms with E-state index in [0.29, 0.717) is 16.4 Å². The van der Waals surface area contributed by atoms with E-state index in [1.165, 1.54) is 30.9 Å². The molecule has 1 aliphatic carbocycles. The van der Waals surface area contributed by atoms with Gasteiger partial charge in [0.25, 0.3) is 5.78 Å². The molecule has 5 rings (SSSR count). The van der Waals surface area contributed by atoms with E-state index in [2.05, 4.69) is 20.0 Å². The van der Waals surface area contributed by atoms with Gasteiger partial charge in [-0.05, 0) is 49.8 Å². The van der Waals surface area contributed by atoms with Crippen LogP contribution >= 0.6 is 23.2 Å². The lowest BCUT2D eigenvalue weighted by Gasteiger charge is -2.23. The fourth-order valence-corrected chi connectivity index (χ4v) is 4.89. The van der Waals surface area contributed by atoms with Crippen molar-refractivity contribution in [3.05, 3.63) is 51.9 Å². The van der Waals surface area contributed by atoms with Gasteiger partial charge < -0.3 is 4.90 Å². The number of aromatic nitrogens is 4. The smallest absolute Gasteiger partial charge is 0.254 e. The van der Waals surface area contributed by atoms with Crippen LogP contribution in [0.3, 0.4) is 0 Å². The quantitative estimate of drug-likeness (QED) is 0.547. The zero-order valence-electron chi connectivity index (χ0n) is 15.1. The molecule has 0 spiro atoms.